The van der Waals surface area contributed by atoms with Crippen LogP contribution in [0, 0.1) is 19.8 Å². The van der Waals surface area contributed by atoms with Crippen LogP contribution in [-0.2, 0) is 0 Å². The van der Waals surface area contributed by atoms with Crippen molar-refractivity contribution in [1.82, 2.24) is 4.90 Å². The molecule has 1 aromatic rings. The molecule has 0 saturated carbocycles. The third-order valence-electron chi connectivity index (χ3n) is 4.36. The summed E-state index contributed by atoms with van der Waals surface area (Å²) < 4.78 is 0. The van der Waals surface area contributed by atoms with Gasteiger partial charge in [-0.2, -0.15) is 0 Å². The first kappa shape index (κ1) is 13.6. The summed E-state index contributed by atoms with van der Waals surface area (Å²) in [6.45, 7) is 9.86. The van der Waals surface area contributed by atoms with Gasteiger partial charge >= 0.3 is 0 Å². The normalized spacial score (nSPS) is 23.0. The van der Waals surface area contributed by atoms with E-state index in [1.807, 2.05) is 0 Å². The summed E-state index contributed by atoms with van der Waals surface area (Å²) >= 11 is 0. The molecule has 1 aromatic carbocycles. The van der Waals surface area contributed by atoms with Crippen molar-refractivity contribution >= 4 is 0 Å². The molecular formula is C16H26N2. The van der Waals surface area contributed by atoms with Crippen LogP contribution in [0.1, 0.15) is 42.5 Å². The summed E-state index contributed by atoms with van der Waals surface area (Å²) in [5, 5.41) is 0. The quantitative estimate of drug-likeness (QED) is 0.888. The minimum atomic E-state index is 0.396. The SMILES string of the molecule is Cc1cccc(C(CN)N2CCCC(C)C2)c1C. The molecule has 2 rings (SSSR count). The summed E-state index contributed by atoms with van der Waals surface area (Å²) in [5.41, 5.74) is 10.3. The zero-order chi connectivity index (χ0) is 13.1. The summed E-state index contributed by atoms with van der Waals surface area (Å²) in [6, 6.07) is 6.99. The van der Waals surface area contributed by atoms with Gasteiger partial charge in [-0.25, -0.2) is 0 Å². The van der Waals surface area contributed by atoms with E-state index < -0.39 is 0 Å². The van der Waals surface area contributed by atoms with Crippen LogP contribution in [0.4, 0.5) is 0 Å². The Balaban J connectivity index is 2.24. The lowest BCUT2D eigenvalue weighted by Gasteiger charge is -2.37. The Morgan fingerprint density at radius 3 is 2.83 bits per heavy atom. The third kappa shape index (κ3) is 2.76. The van der Waals surface area contributed by atoms with Crippen LogP contribution >= 0.6 is 0 Å². The van der Waals surface area contributed by atoms with Crippen molar-refractivity contribution in [1.29, 1.82) is 0 Å². The minimum absolute atomic E-state index is 0.396. The molecule has 2 N–H and O–H groups in total. The summed E-state index contributed by atoms with van der Waals surface area (Å²) in [4.78, 5) is 2.58. The third-order valence-corrected chi connectivity index (χ3v) is 4.36. The summed E-state index contributed by atoms with van der Waals surface area (Å²) in [5.74, 6) is 0.804. The van der Waals surface area contributed by atoms with E-state index in [1.54, 1.807) is 0 Å². The fourth-order valence-electron chi connectivity index (χ4n) is 3.12. The molecule has 2 unspecified atom stereocenters. The van der Waals surface area contributed by atoms with Gasteiger partial charge in [0.15, 0.2) is 0 Å². The molecule has 2 nitrogen and oxygen atoms in total. The predicted octanol–water partition coefficient (Wildman–Crippen LogP) is 3.04. The van der Waals surface area contributed by atoms with E-state index >= 15 is 0 Å². The summed E-state index contributed by atoms with van der Waals surface area (Å²) in [7, 11) is 0. The maximum atomic E-state index is 6.06. The fraction of sp³-hybridized carbons (Fsp3) is 0.625. The molecule has 0 spiro atoms. The smallest absolute Gasteiger partial charge is 0.0473 e. The van der Waals surface area contributed by atoms with Crippen molar-refractivity contribution in [3.8, 4) is 0 Å². The lowest BCUT2D eigenvalue weighted by molar-refractivity contribution is 0.133. The van der Waals surface area contributed by atoms with Crippen LogP contribution in [0.15, 0.2) is 18.2 Å². The zero-order valence-electron chi connectivity index (χ0n) is 11.9. The van der Waals surface area contributed by atoms with E-state index in [9.17, 15) is 0 Å². The number of nitrogens with two attached hydrogens (primary N) is 1. The van der Waals surface area contributed by atoms with Crippen LogP contribution in [-0.4, -0.2) is 24.5 Å². The van der Waals surface area contributed by atoms with Gasteiger partial charge in [0, 0.05) is 19.1 Å². The highest BCUT2D eigenvalue weighted by Gasteiger charge is 2.25. The molecule has 2 heteroatoms. The molecule has 0 aromatic heterocycles. The first-order valence-electron chi connectivity index (χ1n) is 7.13. The molecule has 0 bridgehead atoms. The first-order valence-corrected chi connectivity index (χ1v) is 7.13. The Morgan fingerprint density at radius 1 is 1.39 bits per heavy atom. The van der Waals surface area contributed by atoms with Crippen LogP contribution in [0.2, 0.25) is 0 Å². The van der Waals surface area contributed by atoms with Crippen molar-refractivity contribution in [2.45, 2.75) is 39.7 Å². The van der Waals surface area contributed by atoms with E-state index in [-0.39, 0.29) is 0 Å². The second kappa shape index (κ2) is 5.85. The van der Waals surface area contributed by atoms with E-state index in [0.717, 1.165) is 12.5 Å². The molecule has 1 saturated heterocycles. The molecular weight excluding hydrogens is 220 g/mol. The molecule has 1 fully saturated rings. The maximum Gasteiger partial charge on any atom is 0.0473 e. The van der Waals surface area contributed by atoms with Gasteiger partial charge < -0.3 is 5.73 Å². The standard InChI is InChI=1S/C16H26N2/c1-12-6-5-9-18(11-12)16(10-17)15-8-4-7-13(2)14(15)3/h4,7-8,12,16H,5-6,9-11,17H2,1-3H3. The Hall–Kier alpha value is -0.860. The van der Waals surface area contributed by atoms with Gasteiger partial charge in [0.05, 0.1) is 0 Å². The largest absolute Gasteiger partial charge is 0.329 e. The Morgan fingerprint density at radius 2 is 2.17 bits per heavy atom. The topological polar surface area (TPSA) is 29.3 Å². The van der Waals surface area contributed by atoms with Crippen LogP contribution in [0.5, 0.6) is 0 Å². The molecule has 100 valence electrons. The lowest BCUT2D eigenvalue weighted by Crippen LogP contribution is -2.40. The zero-order valence-corrected chi connectivity index (χ0v) is 11.9. The molecule has 2 atom stereocenters. The average molecular weight is 246 g/mol. The van der Waals surface area contributed by atoms with Gasteiger partial charge in [0.1, 0.15) is 0 Å². The minimum Gasteiger partial charge on any atom is -0.329 e. The Kier molecular flexibility index (Phi) is 4.41. The van der Waals surface area contributed by atoms with Gasteiger partial charge in [0.2, 0.25) is 0 Å². The highest BCUT2D eigenvalue weighted by molar-refractivity contribution is 5.35. The van der Waals surface area contributed by atoms with Crippen molar-refractivity contribution in [3.63, 3.8) is 0 Å². The first-order chi connectivity index (χ1) is 8.63. The molecule has 0 aliphatic carbocycles. The molecule has 0 amide bonds. The maximum absolute atomic E-state index is 6.06. The fourth-order valence-corrected chi connectivity index (χ4v) is 3.12. The Labute approximate surface area is 111 Å². The second-order valence-corrected chi connectivity index (χ2v) is 5.78. The number of nitrogens with zero attached hydrogens (tertiary/aromatic N) is 1. The average Bonchev–Trinajstić information content (AvgIpc) is 2.35. The monoisotopic (exact) mass is 246 g/mol. The Bertz CT molecular complexity index is 400. The number of benzene rings is 1. The lowest BCUT2D eigenvalue weighted by atomic mass is 9.93. The van der Waals surface area contributed by atoms with Gasteiger partial charge in [0.25, 0.3) is 0 Å². The predicted molar refractivity (Wildman–Crippen MR) is 77.7 cm³/mol. The van der Waals surface area contributed by atoms with Crippen LogP contribution < -0.4 is 5.73 Å². The number of likely N-dealkylation sites (tertiary alicyclic amines) is 1. The number of rotatable bonds is 3. The molecule has 1 aliphatic heterocycles. The second-order valence-electron chi connectivity index (χ2n) is 5.78. The van der Waals surface area contributed by atoms with Crippen LogP contribution in [0.25, 0.3) is 0 Å². The highest BCUT2D eigenvalue weighted by atomic mass is 15.2. The van der Waals surface area contributed by atoms with Crippen molar-refractivity contribution in [2.75, 3.05) is 19.6 Å². The van der Waals surface area contributed by atoms with Crippen molar-refractivity contribution in [3.05, 3.63) is 34.9 Å². The van der Waals surface area contributed by atoms with Gasteiger partial charge in [-0.3, -0.25) is 4.90 Å². The van der Waals surface area contributed by atoms with Crippen molar-refractivity contribution < 1.29 is 0 Å². The van der Waals surface area contributed by atoms with Crippen LogP contribution in [0.3, 0.4) is 0 Å². The number of aryl methyl sites for hydroxylation is 1. The highest BCUT2D eigenvalue weighted by Crippen LogP contribution is 2.28. The molecule has 18 heavy (non-hydrogen) atoms. The molecule has 1 heterocycles. The van der Waals surface area contributed by atoms with Gasteiger partial charge in [-0.05, 0) is 55.8 Å². The van der Waals surface area contributed by atoms with E-state index in [4.69, 9.17) is 5.73 Å². The van der Waals surface area contributed by atoms with E-state index in [0.29, 0.717) is 6.04 Å². The van der Waals surface area contributed by atoms with Gasteiger partial charge in [-0.15, -0.1) is 0 Å². The van der Waals surface area contributed by atoms with E-state index in [2.05, 4.69) is 43.9 Å². The number of hydrogen-bond donors (Lipinski definition) is 1. The van der Waals surface area contributed by atoms with Crippen molar-refractivity contribution in [2.24, 2.45) is 11.7 Å². The number of piperidine rings is 1. The summed E-state index contributed by atoms with van der Waals surface area (Å²) in [6.07, 6.45) is 2.67. The molecule has 0 radical (unpaired) electrons. The number of hydrogen-bond acceptors (Lipinski definition) is 2. The van der Waals surface area contributed by atoms with E-state index in [1.165, 1.54) is 42.6 Å². The molecule has 1 aliphatic rings. The van der Waals surface area contributed by atoms with Gasteiger partial charge in [-0.1, -0.05) is 25.1 Å².